The molecule has 9 heteroatoms. The lowest BCUT2D eigenvalue weighted by Gasteiger charge is -2.14. The summed E-state index contributed by atoms with van der Waals surface area (Å²) in [6.07, 6.45) is 0.172. The molecule has 152 valence electrons. The zero-order valence-electron chi connectivity index (χ0n) is 16.4. The van der Waals surface area contributed by atoms with Crippen LogP contribution in [0.15, 0.2) is 29.3 Å². The van der Waals surface area contributed by atoms with Crippen molar-refractivity contribution >= 4 is 39.1 Å². The maximum atomic E-state index is 13.6. The molecule has 2 heterocycles. The molecule has 0 saturated heterocycles. The third-order valence-corrected chi connectivity index (χ3v) is 5.69. The highest BCUT2D eigenvalue weighted by Crippen LogP contribution is 2.25. The Kier molecular flexibility index (Phi) is 5.78. The Hall–Kier alpha value is -3.07. The number of rotatable bonds is 5. The van der Waals surface area contributed by atoms with Crippen molar-refractivity contribution in [1.29, 1.82) is 0 Å². The molecule has 0 bridgehead atoms. The first kappa shape index (κ1) is 20.7. The lowest BCUT2D eigenvalue weighted by atomic mass is 10.2. The van der Waals surface area contributed by atoms with Crippen molar-refractivity contribution in [3.8, 4) is 0 Å². The summed E-state index contributed by atoms with van der Waals surface area (Å²) in [5, 5.41) is 2.97. The first-order valence-corrected chi connectivity index (χ1v) is 9.70. The maximum absolute atomic E-state index is 13.6. The van der Waals surface area contributed by atoms with Crippen molar-refractivity contribution in [3.63, 3.8) is 0 Å². The minimum absolute atomic E-state index is 0.259. The largest absolute Gasteiger partial charge is 0.451 e. The number of benzene rings is 1. The van der Waals surface area contributed by atoms with Gasteiger partial charge in [0.05, 0.1) is 11.7 Å². The quantitative estimate of drug-likeness (QED) is 0.645. The molecule has 3 aromatic rings. The number of amides is 1. The first-order valence-electron chi connectivity index (χ1n) is 8.89. The van der Waals surface area contributed by atoms with Gasteiger partial charge < -0.3 is 10.1 Å². The number of anilines is 1. The average molecular weight is 417 g/mol. The van der Waals surface area contributed by atoms with E-state index in [2.05, 4.69) is 10.3 Å². The molecule has 0 saturated carbocycles. The van der Waals surface area contributed by atoms with Crippen LogP contribution in [-0.2, 0) is 20.9 Å². The fraction of sp³-hybridized carbons (Fsp3) is 0.300. The average Bonchev–Trinajstić information content (AvgIpc) is 2.95. The van der Waals surface area contributed by atoms with Gasteiger partial charge in [0.25, 0.3) is 11.5 Å². The second-order valence-corrected chi connectivity index (χ2v) is 7.93. The van der Waals surface area contributed by atoms with Gasteiger partial charge in [0.15, 0.2) is 6.10 Å². The number of ether oxygens (including phenoxy) is 1. The van der Waals surface area contributed by atoms with Gasteiger partial charge in [0, 0.05) is 10.6 Å². The van der Waals surface area contributed by atoms with Gasteiger partial charge in [-0.25, -0.2) is 9.37 Å². The van der Waals surface area contributed by atoms with Crippen LogP contribution in [0.1, 0.15) is 22.9 Å². The molecule has 1 N–H and O–H groups in total. The molecule has 0 fully saturated rings. The van der Waals surface area contributed by atoms with E-state index < -0.39 is 23.8 Å². The summed E-state index contributed by atoms with van der Waals surface area (Å²) in [7, 11) is 0. The molecule has 0 aliphatic heterocycles. The van der Waals surface area contributed by atoms with Gasteiger partial charge in [-0.1, -0.05) is 6.07 Å². The van der Waals surface area contributed by atoms with Gasteiger partial charge in [-0.15, -0.1) is 11.3 Å². The smallest absolute Gasteiger partial charge is 0.326 e. The Balaban J connectivity index is 1.67. The van der Waals surface area contributed by atoms with Crippen LogP contribution in [0.5, 0.6) is 0 Å². The highest BCUT2D eigenvalue weighted by molar-refractivity contribution is 7.18. The van der Waals surface area contributed by atoms with Crippen LogP contribution in [0.25, 0.3) is 10.2 Å². The Morgan fingerprint density at radius 2 is 2.03 bits per heavy atom. The van der Waals surface area contributed by atoms with E-state index in [1.165, 1.54) is 36.7 Å². The van der Waals surface area contributed by atoms with Gasteiger partial charge in [0.1, 0.15) is 17.2 Å². The monoisotopic (exact) mass is 417 g/mol. The Labute approximate surface area is 170 Å². The van der Waals surface area contributed by atoms with E-state index in [0.717, 1.165) is 15.0 Å². The van der Waals surface area contributed by atoms with Crippen LogP contribution in [0.2, 0.25) is 0 Å². The Bertz CT molecular complexity index is 1170. The summed E-state index contributed by atoms with van der Waals surface area (Å²) in [6, 6.07) is 4.27. The summed E-state index contributed by atoms with van der Waals surface area (Å²) < 4.78 is 19.9. The minimum atomic E-state index is -1.12. The summed E-state index contributed by atoms with van der Waals surface area (Å²) in [5.41, 5.74) is 1.22. The lowest BCUT2D eigenvalue weighted by molar-refractivity contribution is -0.153. The number of aryl methyl sites for hydroxylation is 3. The number of thiophene rings is 1. The van der Waals surface area contributed by atoms with E-state index in [-0.39, 0.29) is 17.8 Å². The molecule has 1 amide bonds. The van der Waals surface area contributed by atoms with Crippen molar-refractivity contribution in [3.05, 3.63) is 56.7 Å². The first-order chi connectivity index (χ1) is 13.7. The van der Waals surface area contributed by atoms with E-state index in [4.69, 9.17) is 4.74 Å². The number of nitrogens with zero attached hydrogens (tertiary/aromatic N) is 2. The number of fused-ring (bicyclic) bond motifs is 1. The number of nitrogens with one attached hydrogen (secondary N) is 1. The predicted octanol–water partition coefficient (Wildman–Crippen LogP) is 3.09. The maximum Gasteiger partial charge on any atom is 0.326 e. The fourth-order valence-electron chi connectivity index (χ4n) is 2.72. The van der Waals surface area contributed by atoms with Crippen LogP contribution < -0.4 is 10.9 Å². The number of hydrogen-bond acceptors (Lipinski definition) is 6. The number of aromatic nitrogens is 2. The molecular formula is C20H20FN3O4S. The standard InChI is InChI=1S/C20H20FN3O4S/c1-10-5-6-14(7-15(10)21)23-18(26)12(3)28-16(25)8-24-9-22-19-17(20(24)27)11(2)13(4)29-19/h5-7,9,12H,8H2,1-4H3,(H,23,26)/t12-/m0/s1. The summed E-state index contributed by atoms with van der Waals surface area (Å²) in [5.74, 6) is -1.81. The fourth-order valence-corrected chi connectivity index (χ4v) is 3.71. The molecule has 1 atom stereocenters. The number of hydrogen-bond donors (Lipinski definition) is 1. The topological polar surface area (TPSA) is 90.3 Å². The highest BCUT2D eigenvalue weighted by atomic mass is 32.1. The molecule has 29 heavy (non-hydrogen) atoms. The van der Waals surface area contributed by atoms with Gasteiger partial charge in [-0.05, 0) is 51.0 Å². The number of halogens is 1. The van der Waals surface area contributed by atoms with Crippen molar-refractivity contribution in [2.75, 3.05) is 5.32 Å². The second kappa shape index (κ2) is 8.12. The van der Waals surface area contributed by atoms with Crippen LogP contribution in [-0.4, -0.2) is 27.5 Å². The summed E-state index contributed by atoms with van der Waals surface area (Å²) >= 11 is 1.42. The molecule has 3 rings (SSSR count). The third-order valence-electron chi connectivity index (χ3n) is 4.57. The summed E-state index contributed by atoms with van der Waals surface area (Å²) in [6.45, 7) is 6.37. The SMILES string of the molecule is Cc1ccc(NC(=O)[C@H](C)OC(=O)Cn2cnc3sc(C)c(C)c3c2=O)cc1F. The van der Waals surface area contributed by atoms with Crippen molar-refractivity contribution in [1.82, 2.24) is 9.55 Å². The molecule has 2 aromatic heterocycles. The van der Waals surface area contributed by atoms with E-state index >= 15 is 0 Å². The third kappa shape index (κ3) is 4.34. The Morgan fingerprint density at radius 1 is 1.31 bits per heavy atom. The minimum Gasteiger partial charge on any atom is -0.451 e. The molecule has 1 aromatic carbocycles. The van der Waals surface area contributed by atoms with Gasteiger partial charge >= 0.3 is 5.97 Å². The zero-order chi connectivity index (χ0) is 21.3. The number of carbonyl (C=O) groups is 2. The zero-order valence-corrected chi connectivity index (χ0v) is 17.2. The molecule has 0 aliphatic rings. The highest BCUT2D eigenvalue weighted by Gasteiger charge is 2.20. The Morgan fingerprint density at radius 3 is 2.72 bits per heavy atom. The van der Waals surface area contributed by atoms with Crippen molar-refractivity contribution in [2.24, 2.45) is 0 Å². The van der Waals surface area contributed by atoms with Crippen molar-refractivity contribution < 1.29 is 18.7 Å². The van der Waals surface area contributed by atoms with Gasteiger partial charge in [-0.3, -0.25) is 19.0 Å². The molecule has 0 spiro atoms. The van der Waals surface area contributed by atoms with Crippen LogP contribution in [0.3, 0.4) is 0 Å². The van der Waals surface area contributed by atoms with Crippen LogP contribution >= 0.6 is 11.3 Å². The number of esters is 1. The lowest BCUT2D eigenvalue weighted by Crippen LogP contribution is -2.33. The van der Waals surface area contributed by atoms with Crippen LogP contribution in [0, 0.1) is 26.6 Å². The second-order valence-electron chi connectivity index (χ2n) is 6.73. The molecular weight excluding hydrogens is 397 g/mol. The van der Waals surface area contributed by atoms with E-state index in [1.54, 1.807) is 13.0 Å². The summed E-state index contributed by atoms with van der Waals surface area (Å²) in [4.78, 5) is 42.9. The van der Waals surface area contributed by atoms with Gasteiger partial charge in [0.2, 0.25) is 0 Å². The molecule has 0 radical (unpaired) electrons. The van der Waals surface area contributed by atoms with E-state index in [9.17, 15) is 18.8 Å². The van der Waals surface area contributed by atoms with Crippen LogP contribution in [0.4, 0.5) is 10.1 Å². The normalized spacial score (nSPS) is 12.0. The van der Waals surface area contributed by atoms with E-state index in [0.29, 0.717) is 15.8 Å². The van der Waals surface area contributed by atoms with E-state index in [1.807, 2.05) is 13.8 Å². The predicted molar refractivity (Wildman–Crippen MR) is 109 cm³/mol. The molecule has 0 unspecified atom stereocenters. The number of carbonyl (C=O) groups excluding carboxylic acids is 2. The van der Waals surface area contributed by atoms with Gasteiger partial charge in [-0.2, -0.15) is 0 Å². The molecule has 7 nitrogen and oxygen atoms in total. The van der Waals surface area contributed by atoms with Crippen molar-refractivity contribution in [2.45, 2.75) is 40.3 Å². The molecule has 0 aliphatic carbocycles.